The van der Waals surface area contributed by atoms with Crippen LogP contribution in [-0.4, -0.2) is 37.3 Å². The quantitative estimate of drug-likeness (QED) is 0.710. The number of methoxy groups -OCH3 is 1. The molecule has 2 aromatic rings. The predicted octanol–water partition coefficient (Wildman–Crippen LogP) is 4.15. The van der Waals surface area contributed by atoms with Gasteiger partial charge < -0.3 is 19.9 Å². The lowest BCUT2D eigenvalue weighted by Crippen LogP contribution is -2.41. The molecule has 2 N–H and O–H groups in total. The molecule has 0 amide bonds. The maximum Gasteiger partial charge on any atom is 0.313 e. The molecule has 30 heavy (non-hydrogen) atoms. The van der Waals surface area contributed by atoms with Gasteiger partial charge in [0.25, 0.3) is 0 Å². The number of aryl methyl sites for hydroxylation is 1. The number of benzene rings is 2. The Labute approximate surface area is 180 Å². The first-order chi connectivity index (χ1) is 14.4. The molecule has 2 aromatic carbocycles. The molecule has 6 nitrogen and oxygen atoms in total. The summed E-state index contributed by atoms with van der Waals surface area (Å²) < 4.78 is 11.0. The molecule has 7 heteroatoms. The van der Waals surface area contributed by atoms with Crippen molar-refractivity contribution in [3.05, 3.63) is 58.1 Å². The van der Waals surface area contributed by atoms with E-state index in [4.69, 9.17) is 21.1 Å². The van der Waals surface area contributed by atoms with Gasteiger partial charge in [0.2, 0.25) is 0 Å². The van der Waals surface area contributed by atoms with Gasteiger partial charge >= 0.3 is 11.9 Å². The normalized spacial score (nSPS) is 20.7. The third kappa shape index (κ3) is 3.84. The van der Waals surface area contributed by atoms with Crippen LogP contribution in [0.1, 0.15) is 41.9 Å². The first kappa shape index (κ1) is 20.5. The summed E-state index contributed by atoms with van der Waals surface area (Å²) >= 11 is 6.20. The Hall–Kier alpha value is -2.73. The Morgan fingerprint density at radius 1 is 1.30 bits per heavy atom. The van der Waals surface area contributed by atoms with E-state index in [1.807, 2.05) is 12.1 Å². The SMILES string of the molecule is COC(=O)C(CC(=O)O)c1ccc2c(c1)NC[C@@]1(CCCc3cc(Cl)ccc31)CO2. The minimum Gasteiger partial charge on any atom is -0.490 e. The summed E-state index contributed by atoms with van der Waals surface area (Å²) in [5.74, 6) is -1.80. The van der Waals surface area contributed by atoms with E-state index in [0.717, 1.165) is 30.0 Å². The number of nitrogens with one attached hydrogen (secondary N) is 1. The van der Waals surface area contributed by atoms with Crippen molar-refractivity contribution < 1.29 is 24.2 Å². The van der Waals surface area contributed by atoms with E-state index < -0.39 is 17.9 Å². The fraction of sp³-hybridized carbons (Fsp3) is 0.391. The van der Waals surface area contributed by atoms with E-state index in [1.54, 1.807) is 18.2 Å². The Morgan fingerprint density at radius 3 is 2.90 bits per heavy atom. The van der Waals surface area contributed by atoms with Crippen LogP contribution >= 0.6 is 11.6 Å². The maximum absolute atomic E-state index is 12.1. The van der Waals surface area contributed by atoms with E-state index in [-0.39, 0.29) is 11.8 Å². The van der Waals surface area contributed by atoms with Gasteiger partial charge in [-0.25, -0.2) is 0 Å². The molecule has 1 unspecified atom stereocenters. The molecule has 0 saturated carbocycles. The number of anilines is 1. The topological polar surface area (TPSA) is 84.9 Å². The van der Waals surface area contributed by atoms with Crippen molar-refractivity contribution in [3.8, 4) is 5.75 Å². The van der Waals surface area contributed by atoms with Gasteiger partial charge in [0.1, 0.15) is 5.75 Å². The van der Waals surface area contributed by atoms with Crippen molar-refractivity contribution in [3.63, 3.8) is 0 Å². The molecule has 4 rings (SSSR count). The van der Waals surface area contributed by atoms with Crippen LogP contribution in [0.3, 0.4) is 0 Å². The molecule has 0 radical (unpaired) electrons. The first-order valence-corrected chi connectivity index (χ1v) is 10.4. The van der Waals surface area contributed by atoms with Crippen LogP contribution in [0.5, 0.6) is 5.75 Å². The number of carboxylic acid groups (broad SMARTS) is 1. The van der Waals surface area contributed by atoms with E-state index >= 15 is 0 Å². The van der Waals surface area contributed by atoms with Gasteiger partial charge in [-0.2, -0.15) is 0 Å². The third-order valence-electron chi connectivity index (χ3n) is 6.13. The smallest absolute Gasteiger partial charge is 0.313 e. The molecule has 158 valence electrons. The van der Waals surface area contributed by atoms with Crippen molar-refractivity contribution in [1.29, 1.82) is 0 Å². The summed E-state index contributed by atoms with van der Waals surface area (Å²) in [6.07, 6.45) is 2.73. The van der Waals surface area contributed by atoms with Crippen LogP contribution in [0.15, 0.2) is 36.4 Å². The number of ether oxygens (including phenoxy) is 2. The summed E-state index contributed by atoms with van der Waals surface area (Å²) in [4.78, 5) is 23.4. The van der Waals surface area contributed by atoms with Gasteiger partial charge in [0.05, 0.1) is 31.7 Å². The summed E-state index contributed by atoms with van der Waals surface area (Å²) in [7, 11) is 1.26. The molecule has 0 saturated heterocycles. The monoisotopic (exact) mass is 429 g/mol. The largest absolute Gasteiger partial charge is 0.490 e. The average molecular weight is 430 g/mol. The molecule has 1 aliphatic heterocycles. The fourth-order valence-corrected chi connectivity index (χ4v) is 4.78. The van der Waals surface area contributed by atoms with Crippen molar-refractivity contribution in [1.82, 2.24) is 0 Å². The lowest BCUT2D eigenvalue weighted by Gasteiger charge is -2.37. The standard InChI is InChI=1S/C23H24ClNO5/c1-29-22(28)17(11-21(26)27)14-4-7-20-19(10-14)25-12-23(13-30-20)8-2-3-15-9-16(24)5-6-18(15)23/h4-7,9-10,17,25H,2-3,8,11-13H2,1H3,(H,26,27)/t17?,23-/m0/s1. The molecule has 1 spiro atoms. The van der Waals surface area contributed by atoms with Gasteiger partial charge in [0, 0.05) is 17.0 Å². The van der Waals surface area contributed by atoms with Crippen LogP contribution < -0.4 is 10.1 Å². The Bertz CT molecular complexity index is 992. The molecule has 0 bridgehead atoms. The van der Waals surface area contributed by atoms with Gasteiger partial charge in [-0.15, -0.1) is 0 Å². The van der Waals surface area contributed by atoms with E-state index in [9.17, 15) is 14.7 Å². The minimum absolute atomic E-state index is 0.166. The zero-order valence-corrected chi connectivity index (χ0v) is 17.5. The number of carbonyl (C=O) groups excluding carboxylic acids is 1. The van der Waals surface area contributed by atoms with Gasteiger partial charge in [-0.3, -0.25) is 9.59 Å². The van der Waals surface area contributed by atoms with Gasteiger partial charge in [0.15, 0.2) is 0 Å². The number of halogens is 1. The molecular formula is C23H24ClNO5. The summed E-state index contributed by atoms with van der Waals surface area (Å²) in [6, 6.07) is 11.4. The molecule has 1 heterocycles. The molecular weight excluding hydrogens is 406 g/mol. The van der Waals surface area contributed by atoms with Crippen LogP contribution in [0, 0.1) is 0 Å². The molecule has 0 fully saturated rings. The second-order valence-corrected chi connectivity index (χ2v) is 8.44. The van der Waals surface area contributed by atoms with Crippen LogP contribution in [0.2, 0.25) is 5.02 Å². The number of hydrogen-bond acceptors (Lipinski definition) is 5. The number of carbonyl (C=O) groups is 2. The number of hydrogen-bond donors (Lipinski definition) is 2. The van der Waals surface area contributed by atoms with Crippen molar-refractivity contribution in [2.45, 2.75) is 37.0 Å². The highest BCUT2D eigenvalue weighted by atomic mass is 35.5. The second-order valence-electron chi connectivity index (χ2n) is 8.01. The van der Waals surface area contributed by atoms with Gasteiger partial charge in [-0.05, 0) is 60.2 Å². The molecule has 2 atom stereocenters. The highest BCUT2D eigenvalue weighted by Crippen LogP contribution is 2.42. The van der Waals surface area contributed by atoms with Gasteiger partial charge in [-0.1, -0.05) is 23.7 Å². The van der Waals surface area contributed by atoms with E-state index in [1.165, 1.54) is 18.2 Å². The Balaban J connectivity index is 1.64. The minimum atomic E-state index is -1.05. The highest BCUT2D eigenvalue weighted by molar-refractivity contribution is 6.30. The van der Waals surface area contributed by atoms with Crippen LogP contribution in [0.25, 0.3) is 0 Å². The van der Waals surface area contributed by atoms with E-state index in [2.05, 4.69) is 11.4 Å². The van der Waals surface area contributed by atoms with Crippen molar-refractivity contribution >= 4 is 29.2 Å². The number of rotatable bonds is 4. The van der Waals surface area contributed by atoms with Crippen LogP contribution in [0.4, 0.5) is 5.69 Å². The zero-order valence-electron chi connectivity index (χ0n) is 16.7. The number of carboxylic acids is 1. The van der Waals surface area contributed by atoms with Crippen molar-refractivity contribution in [2.75, 3.05) is 25.6 Å². The lowest BCUT2D eigenvalue weighted by atomic mass is 9.70. The maximum atomic E-state index is 12.1. The number of aliphatic carboxylic acids is 1. The zero-order chi connectivity index (χ0) is 21.3. The third-order valence-corrected chi connectivity index (χ3v) is 6.37. The summed E-state index contributed by atoms with van der Waals surface area (Å²) in [5.41, 5.74) is 3.70. The fourth-order valence-electron chi connectivity index (χ4n) is 4.59. The van der Waals surface area contributed by atoms with E-state index in [0.29, 0.717) is 24.5 Å². The lowest BCUT2D eigenvalue weighted by molar-refractivity contribution is -0.147. The average Bonchev–Trinajstić information content (AvgIpc) is 2.91. The number of fused-ring (bicyclic) bond motifs is 3. The molecule has 2 aliphatic rings. The highest BCUT2D eigenvalue weighted by Gasteiger charge is 2.39. The predicted molar refractivity (Wildman–Crippen MR) is 114 cm³/mol. The van der Waals surface area contributed by atoms with Crippen LogP contribution in [-0.2, 0) is 26.2 Å². The Morgan fingerprint density at radius 2 is 2.13 bits per heavy atom. The summed E-state index contributed by atoms with van der Waals surface area (Å²) in [5, 5.41) is 13.4. The Kier molecular flexibility index (Phi) is 5.60. The number of esters is 1. The summed E-state index contributed by atoms with van der Waals surface area (Å²) in [6.45, 7) is 1.22. The first-order valence-electron chi connectivity index (χ1n) is 10.0. The second kappa shape index (κ2) is 8.19. The molecule has 0 aromatic heterocycles. The van der Waals surface area contributed by atoms with Crippen molar-refractivity contribution in [2.24, 2.45) is 0 Å². The molecule has 1 aliphatic carbocycles.